The summed E-state index contributed by atoms with van der Waals surface area (Å²) in [5, 5.41) is 8.12. The van der Waals surface area contributed by atoms with Crippen molar-refractivity contribution < 1.29 is 19.4 Å². The molecule has 0 saturated carbocycles. The van der Waals surface area contributed by atoms with Crippen molar-refractivity contribution in [3.63, 3.8) is 0 Å². The maximum atomic E-state index is 10.6. The lowest BCUT2D eigenvalue weighted by atomic mass is 10.4. The summed E-state index contributed by atoms with van der Waals surface area (Å²) in [5.41, 5.74) is 0. The lowest BCUT2D eigenvalue weighted by Crippen LogP contribution is -2.10. The normalized spacial score (nSPS) is 10.8. The Kier molecular flexibility index (Phi) is 5.34. The van der Waals surface area contributed by atoms with Crippen LogP contribution in [0.15, 0.2) is 24.3 Å². The number of ether oxygens (including phenoxy) is 1. The number of esters is 1. The van der Waals surface area contributed by atoms with Gasteiger partial charge in [-0.1, -0.05) is 18.2 Å². The van der Waals surface area contributed by atoms with Gasteiger partial charge in [-0.15, -0.1) is 0 Å². The molecule has 0 atom stereocenters. The molecule has 0 bridgehead atoms. The topological polar surface area (TPSA) is 63.6 Å². The van der Waals surface area contributed by atoms with E-state index in [0.29, 0.717) is 0 Å². The van der Waals surface area contributed by atoms with Crippen molar-refractivity contribution in [2.24, 2.45) is 0 Å². The third kappa shape index (κ3) is 6.54. The highest BCUT2D eigenvalue weighted by atomic mass is 16.5. The lowest BCUT2D eigenvalue weighted by molar-refractivity contribution is -0.151. The van der Waals surface area contributed by atoms with E-state index in [-0.39, 0.29) is 0 Å². The average molecular weight is 170 g/mol. The zero-order valence-corrected chi connectivity index (χ0v) is 6.69. The van der Waals surface area contributed by atoms with Gasteiger partial charge in [-0.3, -0.25) is 0 Å². The van der Waals surface area contributed by atoms with E-state index in [1.165, 1.54) is 6.08 Å². The highest BCUT2D eigenvalue weighted by Crippen LogP contribution is 1.83. The fraction of sp³-hybridized carbons (Fsp3) is 0.250. The zero-order valence-electron chi connectivity index (χ0n) is 6.69. The molecule has 0 aromatic carbocycles. The first kappa shape index (κ1) is 10.4. The van der Waals surface area contributed by atoms with Gasteiger partial charge in [0.1, 0.15) is 0 Å². The molecule has 4 nitrogen and oxygen atoms in total. The molecule has 0 amide bonds. The van der Waals surface area contributed by atoms with E-state index in [9.17, 15) is 9.59 Å². The standard InChI is InChI=1S/C8H10O4/c1-2-3-4-5-8(11)12-6-7(9)10/h2-5H,6H2,1H3,(H,9,10). The van der Waals surface area contributed by atoms with Crippen LogP contribution in [-0.4, -0.2) is 23.7 Å². The first-order valence-electron chi connectivity index (χ1n) is 3.34. The second-order valence-electron chi connectivity index (χ2n) is 1.89. The molecule has 4 heteroatoms. The van der Waals surface area contributed by atoms with Gasteiger partial charge in [0.05, 0.1) is 0 Å². The number of hydrogen-bond acceptors (Lipinski definition) is 3. The van der Waals surface area contributed by atoms with Crippen LogP contribution in [0.25, 0.3) is 0 Å². The van der Waals surface area contributed by atoms with Crippen molar-refractivity contribution in [3.8, 4) is 0 Å². The molecule has 0 saturated heterocycles. The van der Waals surface area contributed by atoms with Crippen LogP contribution in [0.5, 0.6) is 0 Å². The van der Waals surface area contributed by atoms with Crippen LogP contribution in [-0.2, 0) is 14.3 Å². The van der Waals surface area contributed by atoms with E-state index < -0.39 is 18.5 Å². The van der Waals surface area contributed by atoms with Gasteiger partial charge in [0.15, 0.2) is 6.61 Å². The van der Waals surface area contributed by atoms with E-state index in [4.69, 9.17) is 5.11 Å². The fourth-order valence-electron chi connectivity index (χ4n) is 0.426. The first-order valence-corrected chi connectivity index (χ1v) is 3.34. The summed E-state index contributed by atoms with van der Waals surface area (Å²) in [6.07, 6.45) is 6.01. The number of rotatable bonds is 4. The van der Waals surface area contributed by atoms with Crippen molar-refractivity contribution in [2.75, 3.05) is 6.61 Å². The SMILES string of the molecule is CC=CC=CC(=O)OCC(=O)O. The number of carbonyl (C=O) groups is 2. The molecule has 0 aliphatic heterocycles. The van der Waals surface area contributed by atoms with Gasteiger partial charge in [-0.25, -0.2) is 9.59 Å². The van der Waals surface area contributed by atoms with E-state index in [0.717, 1.165) is 6.08 Å². The minimum atomic E-state index is -1.16. The Hall–Kier alpha value is -1.58. The van der Waals surface area contributed by atoms with E-state index in [2.05, 4.69) is 4.74 Å². The van der Waals surface area contributed by atoms with Crippen LogP contribution in [0.4, 0.5) is 0 Å². The number of carbonyl (C=O) groups excluding carboxylic acids is 1. The van der Waals surface area contributed by atoms with Crippen molar-refractivity contribution in [1.29, 1.82) is 0 Å². The molecule has 0 aliphatic carbocycles. The van der Waals surface area contributed by atoms with Crippen LogP contribution >= 0.6 is 0 Å². The quantitative estimate of drug-likeness (QED) is 0.384. The number of allylic oxidation sites excluding steroid dienone is 3. The van der Waals surface area contributed by atoms with Crippen LogP contribution in [0.1, 0.15) is 6.92 Å². The summed E-state index contributed by atoms with van der Waals surface area (Å²) in [6, 6.07) is 0. The van der Waals surface area contributed by atoms with E-state index in [1.807, 2.05) is 0 Å². The summed E-state index contributed by atoms with van der Waals surface area (Å²) in [4.78, 5) is 20.5. The van der Waals surface area contributed by atoms with Gasteiger partial charge in [0.2, 0.25) is 0 Å². The molecular weight excluding hydrogens is 160 g/mol. The average Bonchev–Trinajstić information content (AvgIpc) is 2.01. The summed E-state index contributed by atoms with van der Waals surface area (Å²) in [7, 11) is 0. The maximum Gasteiger partial charge on any atom is 0.341 e. The number of hydrogen-bond donors (Lipinski definition) is 1. The fourth-order valence-corrected chi connectivity index (χ4v) is 0.426. The minimum Gasteiger partial charge on any atom is -0.479 e. The van der Waals surface area contributed by atoms with Gasteiger partial charge in [0.25, 0.3) is 0 Å². The van der Waals surface area contributed by atoms with Crippen LogP contribution in [0.2, 0.25) is 0 Å². The predicted molar refractivity (Wildman–Crippen MR) is 42.5 cm³/mol. The Morgan fingerprint density at radius 3 is 2.58 bits per heavy atom. The molecule has 0 heterocycles. The molecular formula is C8H10O4. The van der Waals surface area contributed by atoms with Gasteiger partial charge < -0.3 is 9.84 Å². The first-order chi connectivity index (χ1) is 5.66. The van der Waals surface area contributed by atoms with Crippen molar-refractivity contribution in [2.45, 2.75) is 6.92 Å². The van der Waals surface area contributed by atoms with Crippen LogP contribution in [0.3, 0.4) is 0 Å². The molecule has 0 unspecified atom stereocenters. The van der Waals surface area contributed by atoms with Crippen molar-refractivity contribution >= 4 is 11.9 Å². The zero-order chi connectivity index (χ0) is 9.40. The third-order valence-corrected chi connectivity index (χ3v) is 0.874. The Labute approximate surface area is 70.1 Å². The van der Waals surface area contributed by atoms with Gasteiger partial charge in [-0.05, 0) is 6.92 Å². The second-order valence-corrected chi connectivity index (χ2v) is 1.89. The van der Waals surface area contributed by atoms with Gasteiger partial charge >= 0.3 is 11.9 Å². The Balaban J connectivity index is 3.67. The predicted octanol–water partition coefficient (Wildman–Crippen LogP) is 0.746. The molecule has 0 aromatic heterocycles. The highest BCUT2D eigenvalue weighted by molar-refractivity contribution is 5.84. The molecule has 0 aliphatic rings. The Morgan fingerprint density at radius 2 is 2.08 bits per heavy atom. The van der Waals surface area contributed by atoms with Crippen molar-refractivity contribution in [3.05, 3.63) is 24.3 Å². The second kappa shape index (κ2) is 6.15. The summed E-state index contributed by atoms with van der Waals surface area (Å²) < 4.78 is 4.29. The van der Waals surface area contributed by atoms with Gasteiger partial charge in [0, 0.05) is 6.08 Å². The largest absolute Gasteiger partial charge is 0.479 e. The molecule has 66 valence electrons. The molecule has 0 spiro atoms. The smallest absolute Gasteiger partial charge is 0.341 e. The van der Waals surface area contributed by atoms with Crippen molar-refractivity contribution in [1.82, 2.24) is 0 Å². The Morgan fingerprint density at radius 1 is 1.42 bits per heavy atom. The summed E-state index contributed by atoms with van der Waals surface area (Å²) >= 11 is 0. The molecule has 0 aromatic rings. The number of carboxylic acids is 1. The van der Waals surface area contributed by atoms with E-state index >= 15 is 0 Å². The lowest BCUT2D eigenvalue weighted by Gasteiger charge is -1.94. The minimum absolute atomic E-state index is 0.598. The summed E-state index contributed by atoms with van der Waals surface area (Å²) in [6.45, 7) is 1.20. The monoisotopic (exact) mass is 170 g/mol. The maximum absolute atomic E-state index is 10.6. The summed E-state index contributed by atoms with van der Waals surface area (Å²) in [5.74, 6) is -1.82. The third-order valence-electron chi connectivity index (χ3n) is 0.874. The number of aliphatic carboxylic acids is 1. The molecule has 1 N–H and O–H groups in total. The molecule has 0 rings (SSSR count). The molecule has 0 radical (unpaired) electrons. The van der Waals surface area contributed by atoms with E-state index in [1.54, 1.807) is 19.1 Å². The van der Waals surface area contributed by atoms with Gasteiger partial charge in [-0.2, -0.15) is 0 Å². The highest BCUT2D eigenvalue weighted by Gasteiger charge is 1.99. The molecule has 12 heavy (non-hydrogen) atoms. The van der Waals surface area contributed by atoms with Crippen LogP contribution < -0.4 is 0 Å². The van der Waals surface area contributed by atoms with Crippen LogP contribution in [0, 0.1) is 0 Å². The number of carboxylic acid groups (broad SMARTS) is 1. The molecule has 0 fully saturated rings. The Bertz CT molecular complexity index is 215.